The van der Waals surface area contributed by atoms with Crippen LogP contribution >= 0.6 is 23.4 Å². The molecule has 4 nitrogen and oxygen atoms in total. The van der Waals surface area contributed by atoms with E-state index < -0.39 is 0 Å². The monoisotopic (exact) mass is 297 g/mol. The first-order valence-corrected chi connectivity index (χ1v) is 7.40. The van der Waals surface area contributed by atoms with Crippen molar-refractivity contribution in [2.75, 3.05) is 5.73 Å². The number of halogens is 1. The van der Waals surface area contributed by atoms with E-state index in [0.29, 0.717) is 34.1 Å². The van der Waals surface area contributed by atoms with Crippen LogP contribution in [0.5, 0.6) is 0 Å². The summed E-state index contributed by atoms with van der Waals surface area (Å²) in [6.07, 6.45) is 0.811. The molecule has 0 aliphatic heterocycles. The molecule has 2 N–H and O–H groups in total. The smallest absolute Gasteiger partial charge is 0.226 e. The lowest BCUT2D eigenvalue weighted by Gasteiger charge is -2.01. The van der Waals surface area contributed by atoms with Crippen molar-refractivity contribution in [3.05, 3.63) is 34.9 Å². The second-order valence-corrected chi connectivity index (χ2v) is 6.13. The summed E-state index contributed by atoms with van der Waals surface area (Å²) in [6, 6.07) is 5.57. The number of nitrogens with zero attached hydrogens (tertiary/aromatic N) is 2. The second-order valence-electron chi connectivity index (χ2n) is 4.67. The lowest BCUT2D eigenvalue weighted by molar-refractivity contribution is 0.360. The summed E-state index contributed by atoms with van der Waals surface area (Å²) in [5.41, 5.74) is 6.25. The second kappa shape index (κ2) is 6.30. The van der Waals surface area contributed by atoms with Gasteiger partial charge in [-0.2, -0.15) is 4.98 Å². The van der Waals surface area contributed by atoms with Gasteiger partial charge in [0.1, 0.15) is 0 Å². The Morgan fingerprint density at radius 1 is 1.42 bits per heavy atom. The zero-order valence-electron chi connectivity index (χ0n) is 10.9. The molecule has 0 atom stereocenters. The van der Waals surface area contributed by atoms with Gasteiger partial charge >= 0.3 is 0 Å². The first-order chi connectivity index (χ1) is 9.04. The molecule has 2 rings (SSSR count). The third-order valence-electron chi connectivity index (χ3n) is 2.43. The van der Waals surface area contributed by atoms with Gasteiger partial charge in [0.15, 0.2) is 5.82 Å². The van der Waals surface area contributed by atoms with E-state index in [0.717, 1.165) is 11.3 Å². The topological polar surface area (TPSA) is 64.9 Å². The van der Waals surface area contributed by atoms with Crippen LogP contribution in [0.15, 0.2) is 27.6 Å². The molecule has 0 saturated heterocycles. The number of rotatable bonds is 5. The quantitative estimate of drug-likeness (QED) is 0.672. The fourth-order valence-corrected chi connectivity index (χ4v) is 2.55. The molecule has 0 spiro atoms. The van der Waals surface area contributed by atoms with E-state index in [-0.39, 0.29) is 0 Å². The number of aromatic nitrogens is 2. The summed E-state index contributed by atoms with van der Waals surface area (Å²) in [5, 5.41) is 4.53. The molecule has 0 amide bonds. The van der Waals surface area contributed by atoms with E-state index in [2.05, 4.69) is 24.0 Å². The summed E-state index contributed by atoms with van der Waals surface area (Å²) in [5.74, 6) is 2.56. The molecule has 0 aliphatic rings. The molecule has 2 aromatic rings. The Morgan fingerprint density at radius 2 is 2.21 bits per heavy atom. The van der Waals surface area contributed by atoms with Crippen LogP contribution in [0.4, 0.5) is 5.69 Å². The lowest BCUT2D eigenvalue weighted by atomic mass is 10.1. The van der Waals surface area contributed by atoms with Gasteiger partial charge in [-0.25, -0.2) is 0 Å². The van der Waals surface area contributed by atoms with Crippen molar-refractivity contribution in [1.29, 1.82) is 0 Å². The van der Waals surface area contributed by atoms with Gasteiger partial charge in [-0.3, -0.25) is 0 Å². The Kier molecular flexibility index (Phi) is 4.71. The van der Waals surface area contributed by atoms with Gasteiger partial charge in [0.05, 0.1) is 16.5 Å². The summed E-state index contributed by atoms with van der Waals surface area (Å²) in [6.45, 7) is 4.24. The standard InChI is InChI=1S/C13H16ClN3OS/c1-8(2)5-13-16-12(17-18-13)7-19-9-3-4-11(15)10(14)6-9/h3-4,6,8H,5,7,15H2,1-2H3. The predicted molar refractivity (Wildman–Crippen MR) is 78.3 cm³/mol. The zero-order chi connectivity index (χ0) is 13.8. The molecule has 0 saturated carbocycles. The van der Waals surface area contributed by atoms with Crippen molar-refractivity contribution in [2.24, 2.45) is 5.92 Å². The van der Waals surface area contributed by atoms with Gasteiger partial charge in [-0.05, 0) is 24.1 Å². The minimum Gasteiger partial charge on any atom is -0.398 e. The molecule has 6 heteroatoms. The van der Waals surface area contributed by atoms with E-state index in [1.807, 2.05) is 12.1 Å². The Labute approximate surface area is 121 Å². The molecular formula is C13H16ClN3OS. The van der Waals surface area contributed by atoms with Crippen molar-refractivity contribution in [1.82, 2.24) is 10.1 Å². The molecular weight excluding hydrogens is 282 g/mol. The van der Waals surface area contributed by atoms with Crippen LogP contribution in [0, 0.1) is 5.92 Å². The maximum atomic E-state index is 5.97. The highest BCUT2D eigenvalue weighted by Crippen LogP contribution is 2.28. The van der Waals surface area contributed by atoms with E-state index in [9.17, 15) is 0 Å². The van der Waals surface area contributed by atoms with Crippen LogP contribution in [0.1, 0.15) is 25.6 Å². The van der Waals surface area contributed by atoms with Gasteiger partial charge < -0.3 is 10.3 Å². The van der Waals surface area contributed by atoms with Crippen LogP contribution in [0.3, 0.4) is 0 Å². The van der Waals surface area contributed by atoms with Crippen molar-refractivity contribution in [2.45, 2.75) is 30.9 Å². The minimum absolute atomic E-state index is 0.511. The predicted octanol–water partition coefficient (Wildman–Crippen LogP) is 3.80. The molecule has 0 fully saturated rings. The average molecular weight is 298 g/mol. The van der Waals surface area contributed by atoms with Crippen molar-refractivity contribution in [3.63, 3.8) is 0 Å². The van der Waals surface area contributed by atoms with Crippen LogP contribution in [0.25, 0.3) is 0 Å². The van der Waals surface area contributed by atoms with E-state index in [1.165, 1.54) is 0 Å². The van der Waals surface area contributed by atoms with E-state index in [4.69, 9.17) is 21.9 Å². The van der Waals surface area contributed by atoms with Gasteiger partial charge in [0.2, 0.25) is 5.89 Å². The first-order valence-electron chi connectivity index (χ1n) is 6.04. The fourth-order valence-electron chi connectivity index (χ4n) is 1.53. The molecule has 0 unspecified atom stereocenters. The number of hydrogen-bond donors (Lipinski definition) is 1. The summed E-state index contributed by atoms with van der Waals surface area (Å²) in [7, 11) is 0. The van der Waals surface area contributed by atoms with E-state index in [1.54, 1.807) is 17.8 Å². The Morgan fingerprint density at radius 3 is 2.89 bits per heavy atom. The third kappa shape index (κ3) is 4.14. The average Bonchev–Trinajstić information content (AvgIpc) is 2.77. The zero-order valence-corrected chi connectivity index (χ0v) is 12.5. The molecule has 1 aromatic heterocycles. The number of benzene rings is 1. The number of hydrogen-bond acceptors (Lipinski definition) is 5. The number of nitrogens with two attached hydrogens (primary N) is 1. The maximum absolute atomic E-state index is 5.97. The lowest BCUT2D eigenvalue weighted by Crippen LogP contribution is -1.94. The molecule has 1 aromatic carbocycles. The fraction of sp³-hybridized carbons (Fsp3) is 0.385. The number of anilines is 1. The van der Waals surface area contributed by atoms with Gasteiger partial charge in [-0.1, -0.05) is 30.6 Å². The molecule has 102 valence electrons. The van der Waals surface area contributed by atoms with Gasteiger partial charge in [0, 0.05) is 11.3 Å². The Balaban J connectivity index is 1.94. The molecule has 0 aliphatic carbocycles. The summed E-state index contributed by atoms with van der Waals surface area (Å²) < 4.78 is 5.19. The van der Waals surface area contributed by atoms with Gasteiger partial charge in [-0.15, -0.1) is 11.8 Å². The summed E-state index contributed by atoms with van der Waals surface area (Å²) >= 11 is 7.57. The SMILES string of the molecule is CC(C)Cc1nc(CSc2ccc(N)c(Cl)c2)no1. The molecule has 0 bridgehead atoms. The first kappa shape index (κ1) is 14.2. The molecule has 19 heavy (non-hydrogen) atoms. The van der Waals surface area contributed by atoms with Crippen molar-refractivity contribution < 1.29 is 4.52 Å². The van der Waals surface area contributed by atoms with Crippen LogP contribution in [-0.4, -0.2) is 10.1 Å². The van der Waals surface area contributed by atoms with E-state index >= 15 is 0 Å². The van der Waals surface area contributed by atoms with Gasteiger partial charge in [0.25, 0.3) is 0 Å². The van der Waals surface area contributed by atoms with Crippen LogP contribution < -0.4 is 5.73 Å². The maximum Gasteiger partial charge on any atom is 0.226 e. The Hall–Kier alpha value is -1.20. The largest absolute Gasteiger partial charge is 0.398 e. The highest BCUT2D eigenvalue weighted by atomic mass is 35.5. The normalized spacial score (nSPS) is 11.2. The molecule has 0 radical (unpaired) electrons. The van der Waals surface area contributed by atoms with Crippen molar-refractivity contribution in [3.8, 4) is 0 Å². The van der Waals surface area contributed by atoms with Crippen molar-refractivity contribution >= 4 is 29.1 Å². The highest BCUT2D eigenvalue weighted by Gasteiger charge is 2.09. The highest BCUT2D eigenvalue weighted by molar-refractivity contribution is 7.98. The Bertz CT molecular complexity index is 557. The number of thioether (sulfide) groups is 1. The molecule has 1 heterocycles. The minimum atomic E-state index is 0.511. The summed E-state index contributed by atoms with van der Waals surface area (Å²) in [4.78, 5) is 5.39. The van der Waals surface area contributed by atoms with Crippen LogP contribution in [-0.2, 0) is 12.2 Å². The number of nitrogen functional groups attached to an aromatic ring is 1. The van der Waals surface area contributed by atoms with Crippen LogP contribution in [0.2, 0.25) is 5.02 Å². The third-order valence-corrected chi connectivity index (χ3v) is 3.75.